The molecule has 0 spiro atoms. The molecule has 0 unspecified atom stereocenters. The maximum atomic E-state index is 5.86. The van der Waals surface area contributed by atoms with Gasteiger partial charge in [-0.05, 0) is 52.7 Å². The van der Waals surface area contributed by atoms with Crippen molar-refractivity contribution < 1.29 is 0 Å². The Morgan fingerprint density at radius 1 is 1.00 bits per heavy atom. The molecule has 2 rings (SSSR count). The summed E-state index contributed by atoms with van der Waals surface area (Å²) >= 11 is 3.50. The summed E-state index contributed by atoms with van der Waals surface area (Å²) in [5.74, 6) is 0. The highest BCUT2D eigenvalue weighted by atomic mass is 79.9. The monoisotopic (exact) mass is 276 g/mol. The van der Waals surface area contributed by atoms with Crippen molar-refractivity contribution in [1.82, 2.24) is 0 Å². The zero-order valence-electron chi connectivity index (χ0n) is 9.00. The molecule has 0 saturated heterocycles. The van der Waals surface area contributed by atoms with Gasteiger partial charge in [0.1, 0.15) is 0 Å². The molecule has 0 aliphatic heterocycles. The van der Waals surface area contributed by atoms with Crippen molar-refractivity contribution in [2.45, 2.75) is 6.92 Å². The number of hydrogen-bond donors (Lipinski definition) is 2. The van der Waals surface area contributed by atoms with Gasteiger partial charge in [-0.1, -0.05) is 18.2 Å². The molecule has 2 aromatic rings. The van der Waals surface area contributed by atoms with Crippen LogP contribution < -0.4 is 11.1 Å². The van der Waals surface area contributed by atoms with Crippen molar-refractivity contribution in [3.63, 3.8) is 0 Å². The van der Waals surface area contributed by atoms with Gasteiger partial charge >= 0.3 is 0 Å². The van der Waals surface area contributed by atoms with Crippen LogP contribution in [-0.2, 0) is 0 Å². The topological polar surface area (TPSA) is 38.0 Å². The summed E-state index contributed by atoms with van der Waals surface area (Å²) in [5, 5.41) is 3.35. The maximum Gasteiger partial charge on any atom is 0.0528 e. The Balaban J connectivity index is 2.35. The number of nitrogen functional groups attached to an aromatic ring is 1. The molecule has 0 saturated carbocycles. The molecule has 0 radical (unpaired) electrons. The van der Waals surface area contributed by atoms with E-state index in [-0.39, 0.29) is 0 Å². The van der Waals surface area contributed by atoms with Crippen LogP contribution in [0.3, 0.4) is 0 Å². The summed E-state index contributed by atoms with van der Waals surface area (Å²) in [4.78, 5) is 0. The number of hydrogen-bond acceptors (Lipinski definition) is 2. The fraction of sp³-hybridized carbons (Fsp3) is 0.0769. The Morgan fingerprint density at radius 2 is 1.69 bits per heavy atom. The molecule has 82 valence electrons. The van der Waals surface area contributed by atoms with Crippen LogP contribution in [0.25, 0.3) is 0 Å². The molecule has 0 aliphatic rings. The molecule has 2 nitrogen and oxygen atoms in total. The van der Waals surface area contributed by atoms with Crippen molar-refractivity contribution in [1.29, 1.82) is 0 Å². The molecule has 0 bridgehead atoms. The summed E-state index contributed by atoms with van der Waals surface area (Å²) in [6.07, 6.45) is 0. The summed E-state index contributed by atoms with van der Waals surface area (Å²) in [6, 6.07) is 13.9. The second-order valence-electron chi connectivity index (χ2n) is 3.62. The van der Waals surface area contributed by atoms with Gasteiger partial charge in [0.2, 0.25) is 0 Å². The first-order valence-corrected chi connectivity index (χ1v) is 5.84. The van der Waals surface area contributed by atoms with Crippen LogP contribution in [-0.4, -0.2) is 0 Å². The van der Waals surface area contributed by atoms with E-state index in [2.05, 4.69) is 21.2 Å². The number of halogens is 1. The lowest BCUT2D eigenvalue weighted by atomic mass is 10.1. The zero-order valence-corrected chi connectivity index (χ0v) is 10.6. The molecule has 0 aliphatic carbocycles. The minimum Gasteiger partial charge on any atom is -0.398 e. The Labute approximate surface area is 104 Å². The van der Waals surface area contributed by atoms with Crippen LogP contribution in [0.15, 0.2) is 46.9 Å². The molecular weight excluding hydrogens is 264 g/mol. The predicted octanol–water partition coefficient (Wildman–Crippen LogP) is 4.08. The van der Waals surface area contributed by atoms with Crippen LogP contribution in [0.2, 0.25) is 0 Å². The van der Waals surface area contributed by atoms with Crippen molar-refractivity contribution >= 4 is 33.0 Å². The second-order valence-corrected chi connectivity index (χ2v) is 4.48. The van der Waals surface area contributed by atoms with E-state index in [1.807, 2.05) is 49.4 Å². The molecule has 0 heterocycles. The van der Waals surface area contributed by atoms with Gasteiger partial charge in [0.15, 0.2) is 0 Å². The molecule has 0 amide bonds. The van der Waals surface area contributed by atoms with Gasteiger partial charge in [0.05, 0.1) is 5.69 Å². The lowest BCUT2D eigenvalue weighted by Crippen LogP contribution is -1.97. The van der Waals surface area contributed by atoms with E-state index in [0.29, 0.717) is 0 Å². The van der Waals surface area contributed by atoms with E-state index in [9.17, 15) is 0 Å². The predicted molar refractivity (Wildman–Crippen MR) is 73.0 cm³/mol. The largest absolute Gasteiger partial charge is 0.398 e. The van der Waals surface area contributed by atoms with Gasteiger partial charge in [-0.3, -0.25) is 0 Å². The third-order valence-electron chi connectivity index (χ3n) is 2.52. The maximum absolute atomic E-state index is 5.86. The minimum absolute atomic E-state index is 0.803. The smallest absolute Gasteiger partial charge is 0.0528 e. The third kappa shape index (κ3) is 2.19. The van der Waals surface area contributed by atoms with Gasteiger partial charge in [-0.2, -0.15) is 0 Å². The summed E-state index contributed by atoms with van der Waals surface area (Å²) in [5.41, 5.74) is 9.80. The lowest BCUT2D eigenvalue weighted by molar-refractivity contribution is 1.42. The minimum atomic E-state index is 0.803. The zero-order chi connectivity index (χ0) is 11.5. The van der Waals surface area contributed by atoms with Crippen LogP contribution >= 0.6 is 15.9 Å². The van der Waals surface area contributed by atoms with Crippen LogP contribution in [0.5, 0.6) is 0 Å². The highest BCUT2D eigenvalue weighted by Gasteiger charge is 2.03. The molecule has 0 aromatic heterocycles. The number of para-hydroxylation sites is 1. The van der Waals surface area contributed by atoms with Crippen LogP contribution in [0.4, 0.5) is 17.1 Å². The standard InChI is InChI=1S/C13H13BrN2/c1-9-11(15)6-4-8-12(9)16-13-7-3-2-5-10(13)14/h2-8,16H,15H2,1H3. The summed E-state index contributed by atoms with van der Waals surface area (Å²) in [7, 11) is 0. The van der Waals surface area contributed by atoms with Gasteiger partial charge in [-0.15, -0.1) is 0 Å². The number of rotatable bonds is 2. The SMILES string of the molecule is Cc1c(N)cccc1Nc1ccccc1Br. The Bertz CT molecular complexity index is 509. The number of anilines is 3. The number of benzene rings is 2. The first-order valence-electron chi connectivity index (χ1n) is 5.05. The first-order chi connectivity index (χ1) is 7.68. The number of nitrogens with one attached hydrogen (secondary N) is 1. The normalized spacial score (nSPS) is 10.1. The van der Waals surface area contributed by atoms with E-state index in [4.69, 9.17) is 5.73 Å². The van der Waals surface area contributed by atoms with Crippen LogP contribution in [0.1, 0.15) is 5.56 Å². The van der Waals surface area contributed by atoms with Crippen LogP contribution in [0, 0.1) is 6.92 Å². The Hall–Kier alpha value is -1.48. The number of nitrogens with two attached hydrogens (primary N) is 1. The fourth-order valence-electron chi connectivity index (χ4n) is 1.50. The van der Waals surface area contributed by atoms with Crippen molar-refractivity contribution in [3.05, 3.63) is 52.5 Å². The van der Waals surface area contributed by atoms with Gasteiger partial charge in [0.25, 0.3) is 0 Å². The summed E-state index contributed by atoms with van der Waals surface area (Å²) < 4.78 is 1.04. The van der Waals surface area contributed by atoms with E-state index < -0.39 is 0 Å². The molecule has 16 heavy (non-hydrogen) atoms. The quantitative estimate of drug-likeness (QED) is 0.811. The van der Waals surface area contributed by atoms with Crippen molar-refractivity contribution in [2.24, 2.45) is 0 Å². The summed E-state index contributed by atoms with van der Waals surface area (Å²) in [6.45, 7) is 2.01. The average molecular weight is 277 g/mol. The molecular formula is C13H13BrN2. The highest BCUT2D eigenvalue weighted by molar-refractivity contribution is 9.10. The van der Waals surface area contributed by atoms with Gasteiger partial charge in [-0.25, -0.2) is 0 Å². The first kappa shape index (κ1) is 11.0. The molecule has 0 fully saturated rings. The van der Waals surface area contributed by atoms with Crippen molar-refractivity contribution in [2.75, 3.05) is 11.1 Å². The lowest BCUT2D eigenvalue weighted by Gasteiger charge is -2.12. The van der Waals surface area contributed by atoms with Gasteiger partial charge < -0.3 is 11.1 Å². The van der Waals surface area contributed by atoms with Crippen molar-refractivity contribution in [3.8, 4) is 0 Å². The molecule has 0 atom stereocenters. The fourth-order valence-corrected chi connectivity index (χ4v) is 1.88. The molecule has 3 heteroatoms. The van der Waals surface area contributed by atoms with E-state index in [1.54, 1.807) is 0 Å². The molecule has 3 N–H and O–H groups in total. The van der Waals surface area contributed by atoms with E-state index in [0.717, 1.165) is 27.1 Å². The molecule has 2 aromatic carbocycles. The Morgan fingerprint density at radius 3 is 2.44 bits per heavy atom. The van der Waals surface area contributed by atoms with Gasteiger partial charge in [0, 0.05) is 15.8 Å². The van der Waals surface area contributed by atoms with E-state index in [1.165, 1.54) is 0 Å². The Kier molecular flexibility index (Phi) is 3.15. The average Bonchev–Trinajstić information content (AvgIpc) is 2.28. The highest BCUT2D eigenvalue weighted by Crippen LogP contribution is 2.28. The van der Waals surface area contributed by atoms with E-state index >= 15 is 0 Å². The second kappa shape index (κ2) is 4.58. The third-order valence-corrected chi connectivity index (χ3v) is 3.21.